The number of hydrogen-bond acceptors (Lipinski definition) is 2. The van der Waals surface area contributed by atoms with E-state index in [4.69, 9.17) is 5.73 Å². The summed E-state index contributed by atoms with van der Waals surface area (Å²) in [7, 11) is 0. The molecule has 1 aliphatic carbocycles. The Morgan fingerprint density at radius 1 is 1.21 bits per heavy atom. The number of rotatable bonds is 4. The van der Waals surface area contributed by atoms with E-state index >= 15 is 0 Å². The van der Waals surface area contributed by atoms with Crippen LogP contribution in [0, 0.1) is 11.8 Å². The van der Waals surface area contributed by atoms with Crippen molar-refractivity contribution in [3.63, 3.8) is 0 Å². The van der Waals surface area contributed by atoms with E-state index in [2.05, 4.69) is 21.2 Å². The molecule has 4 heteroatoms. The van der Waals surface area contributed by atoms with Gasteiger partial charge in [-0.1, -0.05) is 28.1 Å². The zero-order chi connectivity index (χ0) is 13.7. The van der Waals surface area contributed by atoms with Crippen molar-refractivity contribution in [2.24, 2.45) is 17.6 Å². The number of carbonyl (C=O) groups is 1. The molecule has 1 fully saturated rings. The average Bonchev–Trinajstić information content (AvgIpc) is 2.46. The second-order valence-electron chi connectivity index (χ2n) is 5.30. The predicted octanol–water partition coefficient (Wildman–Crippen LogP) is 2.83. The molecule has 0 spiro atoms. The highest BCUT2D eigenvalue weighted by Gasteiger charge is 2.25. The molecule has 2 rings (SSSR count). The molecule has 0 unspecified atom stereocenters. The second-order valence-corrected chi connectivity index (χ2v) is 6.21. The van der Waals surface area contributed by atoms with E-state index in [-0.39, 0.29) is 11.8 Å². The molecule has 3 nitrogen and oxygen atoms in total. The average molecular weight is 325 g/mol. The Bertz CT molecular complexity index is 411. The van der Waals surface area contributed by atoms with Gasteiger partial charge in [-0.3, -0.25) is 4.79 Å². The minimum atomic E-state index is 0.179. The molecule has 104 valence electrons. The van der Waals surface area contributed by atoms with Gasteiger partial charge in [0.2, 0.25) is 5.91 Å². The van der Waals surface area contributed by atoms with Crippen molar-refractivity contribution < 1.29 is 4.79 Å². The molecule has 1 saturated carbocycles. The normalized spacial score (nSPS) is 23.1. The van der Waals surface area contributed by atoms with Crippen LogP contribution in [-0.4, -0.2) is 12.5 Å². The summed E-state index contributed by atoms with van der Waals surface area (Å²) in [5, 5.41) is 3.04. The topological polar surface area (TPSA) is 55.1 Å². The van der Waals surface area contributed by atoms with Gasteiger partial charge in [0.05, 0.1) is 0 Å². The number of hydrogen-bond donors (Lipinski definition) is 2. The first-order chi connectivity index (χ1) is 9.19. The Kier molecular flexibility index (Phi) is 5.40. The van der Waals surface area contributed by atoms with Gasteiger partial charge in [-0.2, -0.15) is 0 Å². The fraction of sp³-hybridized carbons (Fsp3) is 0.533. The lowest BCUT2D eigenvalue weighted by Gasteiger charge is -2.26. The molecule has 3 N–H and O–H groups in total. The molecule has 0 atom stereocenters. The van der Waals surface area contributed by atoms with Crippen LogP contribution < -0.4 is 11.1 Å². The van der Waals surface area contributed by atoms with E-state index < -0.39 is 0 Å². The number of amides is 1. The maximum Gasteiger partial charge on any atom is 0.223 e. The van der Waals surface area contributed by atoms with Crippen LogP contribution in [0.1, 0.15) is 31.2 Å². The first-order valence-corrected chi connectivity index (χ1v) is 7.70. The lowest BCUT2D eigenvalue weighted by Crippen LogP contribution is -2.33. The Hall–Kier alpha value is -0.870. The van der Waals surface area contributed by atoms with Gasteiger partial charge >= 0.3 is 0 Å². The third-order valence-electron chi connectivity index (χ3n) is 3.93. The van der Waals surface area contributed by atoms with Gasteiger partial charge < -0.3 is 11.1 Å². The summed E-state index contributed by atoms with van der Waals surface area (Å²) in [6, 6.07) is 8.03. The quantitative estimate of drug-likeness (QED) is 0.894. The van der Waals surface area contributed by atoms with Crippen LogP contribution in [0.5, 0.6) is 0 Å². The van der Waals surface area contributed by atoms with Gasteiger partial charge in [-0.05, 0) is 55.8 Å². The predicted molar refractivity (Wildman–Crippen MR) is 80.5 cm³/mol. The van der Waals surface area contributed by atoms with Crippen LogP contribution in [0.4, 0.5) is 0 Å². The molecule has 0 heterocycles. The van der Waals surface area contributed by atoms with Gasteiger partial charge in [0, 0.05) is 16.9 Å². The van der Waals surface area contributed by atoms with E-state index in [1.165, 1.54) is 0 Å². The van der Waals surface area contributed by atoms with Gasteiger partial charge in [0.25, 0.3) is 0 Å². The highest BCUT2D eigenvalue weighted by Crippen LogP contribution is 2.28. The molecule has 19 heavy (non-hydrogen) atoms. The number of benzene rings is 1. The molecule has 0 saturated heterocycles. The highest BCUT2D eigenvalue weighted by atomic mass is 79.9. The maximum atomic E-state index is 12.1. The lowest BCUT2D eigenvalue weighted by molar-refractivity contribution is -0.126. The number of carbonyl (C=O) groups excluding carboxylic acids is 1. The molecule has 0 aromatic heterocycles. The minimum Gasteiger partial charge on any atom is -0.352 e. The van der Waals surface area contributed by atoms with Crippen molar-refractivity contribution in [3.05, 3.63) is 34.3 Å². The largest absolute Gasteiger partial charge is 0.352 e. The highest BCUT2D eigenvalue weighted by molar-refractivity contribution is 9.10. The molecule has 1 aromatic rings. The number of nitrogens with two attached hydrogens (primary N) is 1. The number of nitrogens with one attached hydrogen (secondary N) is 1. The maximum absolute atomic E-state index is 12.1. The fourth-order valence-corrected chi connectivity index (χ4v) is 2.86. The Morgan fingerprint density at radius 3 is 2.42 bits per heavy atom. The van der Waals surface area contributed by atoms with Gasteiger partial charge in [0.1, 0.15) is 0 Å². The molecule has 1 amide bonds. The van der Waals surface area contributed by atoms with E-state index in [0.717, 1.165) is 42.3 Å². The third kappa shape index (κ3) is 4.32. The molecule has 1 aromatic carbocycles. The van der Waals surface area contributed by atoms with Crippen molar-refractivity contribution in [2.45, 2.75) is 32.2 Å². The minimum absolute atomic E-state index is 0.179. The van der Waals surface area contributed by atoms with Gasteiger partial charge in [-0.15, -0.1) is 0 Å². The lowest BCUT2D eigenvalue weighted by atomic mass is 9.81. The molecule has 0 bridgehead atoms. The van der Waals surface area contributed by atoms with Crippen LogP contribution in [0.3, 0.4) is 0 Å². The standard InChI is InChI=1S/C15H21BrN2O/c16-14-7-3-12(4-8-14)10-18-15(19)13-5-1-11(9-17)2-6-13/h3-4,7-8,11,13H,1-2,5-6,9-10,17H2,(H,18,19). The third-order valence-corrected chi connectivity index (χ3v) is 4.46. The zero-order valence-corrected chi connectivity index (χ0v) is 12.7. The van der Waals surface area contributed by atoms with Crippen molar-refractivity contribution in [3.8, 4) is 0 Å². The number of halogens is 1. The van der Waals surface area contributed by atoms with Crippen LogP contribution in [-0.2, 0) is 11.3 Å². The summed E-state index contributed by atoms with van der Waals surface area (Å²) < 4.78 is 1.06. The van der Waals surface area contributed by atoms with Crippen molar-refractivity contribution in [1.29, 1.82) is 0 Å². The second kappa shape index (κ2) is 7.06. The molecule has 1 aliphatic rings. The molecule has 0 radical (unpaired) electrons. The van der Waals surface area contributed by atoms with Gasteiger partial charge in [0.15, 0.2) is 0 Å². The van der Waals surface area contributed by atoms with Crippen LogP contribution in [0.2, 0.25) is 0 Å². The Labute approximate surface area is 123 Å². The summed E-state index contributed by atoms with van der Waals surface area (Å²) in [5.41, 5.74) is 6.80. The van der Waals surface area contributed by atoms with Gasteiger partial charge in [-0.25, -0.2) is 0 Å². The summed E-state index contributed by atoms with van der Waals surface area (Å²) in [6.07, 6.45) is 4.14. The summed E-state index contributed by atoms with van der Waals surface area (Å²) in [4.78, 5) is 12.1. The first-order valence-electron chi connectivity index (χ1n) is 6.91. The van der Waals surface area contributed by atoms with Crippen molar-refractivity contribution in [1.82, 2.24) is 5.32 Å². The van der Waals surface area contributed by atoms with Crippen molar-refractivity contribution in [2.75, 3.05) is 6.54 Å². The summed E-state index contributed by atoms with van der Waals surface area (Å²) in [5.74, 6) is 0.993. The molecule has 0 aliphatic heterocycles. The van der Waals surface area contributed by atoms with Crippen LogP contribution in [0.25, 0.3) is 0 Å². The fourth-order valence-electron chi connectivity index (χ4n) is 2.60. The molecular weight excluding hydrogens is 304 g/mol. The SMILES string of the molecule is NCC1CCC(C(=O)NCc2ccc(Br)cc2)CC1. The Morgan fingerprint density at radius 2 is 1.84 bits per heavy atom. The van der Waals surface area contributed by atoms with E-state index in [1.807, 2.05) is 24.3 Å². The van der Waals surface area contributed by atoms with Crippen molar-refractivity contribution >= 4 is 21.8 Å². The van der Waals surface area contributed by atoms with E-state index in [9.17, 15) is 4.79 Å². The monoisotopic (exact) mass is 324 g/mol. The van der Waals surface area contributed by atoms with E-state index in [1.54, 1.807) is 0 Å². The Balaban J connectivity index is 1.77. The smallest absolute Gasteiger partial charge is 0.223 e. The van der Waals surface area contributed by atoms with E-state index in [0.29, 0.717) is 12.5 Å². The summed E-state index contributed by atoms with van der Waals surface area (Å²) in [6.45, 7) is 1.37. The first kappa shape index (κ1) is 14.5. The summed E-state index contributed by atoms with van der Waals surface area (Å²) >= 11 is 3.40. The zero-order valence-electron chi connectivity index (χ0n) is 11.1. The van der Waals surface area contributed by atoms with Crippen LogP contribution >= 0.6 is 15.9 Å². The molecular formula is C15H21BrN2O. The van der Waals surface area contributed by atoms with Crippen LogP contribution in [0.15, 0.2) is 28.7 Å².